The molecule has 8 heterocycles. The molecule has 2 aliphatic heterocycles. The van der Waals surface area contributed by atoms with E-state index in [1.165, 1.54) is 61.2 Å². The summed E-state index contributed by atoms with van der Waals surface area (Å²) in [6.45, 7) is 18.5. The molecule has 0 saturated carbocycles. The third-order valence-corrected chi connectivity index (χ3v) is 25.9. The zero-order valence-corrected chi connectivity index (χ0v) is 85.0. The number of nitrogens with two attached hydrogens (primary N) is 2. The lowest BCUT2D eigenvalue weighted by Crippen LogP contribution is -2.54. The number of urea groups is 1. The number of imidazole rings is 1. The average Bonchev–Trinajstić information content (AvgIpc) is 1.72. The number of hydrogen-bond donors (Lipinski definition) is 10. The van der Waals surface area contributed by atoms with Crippen molar-refractivity contribution in [3.8, 4) is 5.75 Å². The largest absolute Gasteiger partial charge is 0.510 e. The van der Waals surface area contributed by atoms with Crippen molar-refractivity contribution in [2.45, 2.75) is 181 Å². The second-order valence-corrected chi connectivity index (χ2v) is 39.0. The number of nitrogens with one attached hydrogen (secondary N) is 3. The number of aromatic carboxylic acids is 1. The molecule has 12 N–H and O–H groups in total. The van der Waals surface area contributed by atoms with Crippen LogP contribution >= 0.6 is 53.6 Å². The molecule has 0 aliphatic carbocycles. The first kappa shape index (κ1) is 117. The molecule has 43 nitrogen and oxygen atoms in total. The smallest absolute Gasteiger partial charge is 0.496 e. The summed E-state index contributed by atoms with van der Waals surface area (Å²) in [6, 6.07) is 25.8. The molecule has 0 radical (unpaired) electrons. The second-order valence-electron chi connectivity index (χ2n) is 33.5. The lowest BCUT2D eigenvalue weighted by molar-refractivity contribution is -0.134. The molecule has 2 fully saturated rings. The van der Waals surface area contributed by atoms with E-state index in [9.17, 15) is 71.5 Å². The molecule has 10 aromatic rings. The van der Waals surface area contributed by atoms with Crippen LogP contribution in [0.15, 0.2) is 155 Å². The summed E-state index contributed by atoms with van der Waals surface area (Å²) in [5.41, 5.74) is 15.7. The van der Waals surface area contributed by atoms with E-state index >= 15 is 0 Å². The van der Waals surface area contributed by atoms with E-state index in [1.807, 2.05) is 79.9 Å². The number of aromatic nitrogens is 9. The van der Waals surface area contributed by atoms with Crippen LogP contribution in [0.5, 0.6) is 5.75 Å². The number of carbonyl (C=O) groups is 8. The van der Waals surface area contributed by atoms with Gasteiger partial charge in [-0.3, -0.25) is 37.7 Å². The minimum atomic E-state index is -4.06. The van der Waals surface area contributed by atoms with Crippen LogP contribution in [-0.2, 0) is 105 Å². The first-order valence-electron chi connectivity index (χ1n) is 45.3. The Morgan fingerprint density at radius 3 is 1.94 bits per heavy atom. The molecule has 144 heavy (non-hydrogen) atoms. The highest BCUT2D eigenvalue weighted by molar-refractivity contribution is 8.00. The van der Waals surface area contributed by atoms with E-state index in [-0.39, 0.29) is 79.0 Å². The predicted octanol–water partition coefficient (Wildman–Crippen LogP) is 12.6. The van der Waals surface area contributed by atoms with Gasteiger partial charge in [-0.15, -0.1) is 34.4 Å². The first-order chi connectivity index (χ1) is 68.6. The number of carboxylic acid groups (broad SMARTS) is 3. The number of fused-ring (bicyclic) bond motifs is 2. The summed E-state index contributed by atoms with van der Waals surface area (Å²) in [6.07, 6.45) is 5.68. The molecule has 4 aromatic carbocycles. The lowest BCUT2D eigenvalue weighted by atomic mass is 9.95. The Balaban J connectivity index is 0.000000243. The first-order valence-corrected chi connectivity index (χ1v) is 50.2. The summed E-state index contributed by atoms with van der Waals surface area (Å²) in [5.74, 6) is -4.50. The number of nitrogens with zero attached hydrogens (tertiary/aromatic N) is 11. The number of methoxy groups -OCH3 is 1. The Morgan fingerprint density at radius 1 is 0.750 bits per heavy atom. The van der Waals surface area contributed by atoms with Gasteiger partial charge in [-0.05, 0) is 107 Å². The van der Waals surface area contributed by atoms with Crippen molar-refractivity contribution in [1.29, 1.82) is 0 Å². The SMILES string of the molecule is CC(C)OC(=O)OCOP(=O)(CO[C@H](C)Cn1cnc2c(N)ncnc21)OCOC(=O)OC(C)C.CC(C)c1nc(CN(C)C(=O)N[C@@H](CCN2CCOCC2)C(=O)N[C@H](CC[C@H](Cc2ccccc2)NC(=O)OCc2cncs2)Cc2ccccc2)cs1.COc1cc2c(cc1Cc1cccc(Cl)c1F)c(=O)c(C(=O)O)cn2[C@H](CO)C(C)C.Nc1nc(=O)n([C@@H]2CS[C@H](CO)O2)cc1F.O=C(O)/C=C/C(=O)O. The summed E-state index contributed by atoms with van der Waals surface area (Å²) < 4.78 is 102. The van der Waals surface area contributed by atoms with Gasteiger partial charge in [0.25, 0.3) is 0 Å². The van der Waals surface area contributed by atoms with Crippen LogP contribution in [0.25, 0.3) is 22.1 Å². The molecule has 4 amide bonds. The number of aliphatic hydroxyl groups is 2. The van der Waals surface area contributed by atoms with E-state index < -0.39 is 140 Å². The van der Waals surface area contributed by atoms with Crippen molar-refractivity contribution in [3.63, 3.8) is 0 Å². The normalized spacial score (nSPS) is 14.6. The van der Waals surface area contributed by atoms with Gasteiger partial charge in [0, 0.05) is 98.2 Å². The van der Waals surface area contributed by atoms with Crippen molar-refractivity contribution < 1.29 is 129 Å². The summed E-state index contributed by atoms with van der Waals surface area (Å²) in [7, 11) is -0.878. The molecular formula is C94H120ClF2N16O27PS3. The Hall–Kier alpha value is -12.7. The van der Waals surface area contributed by atoms with Crippen molar-refractivity contribution in [2.24, 2.45) is 5.92 Å². The number of aliphatic carboxylic acids is 2. The number of amides is 4. The average molecular weight is 2110 g/mol. The third kappa shape index (κ3) is 38.4. The van der Waals surface area contributed by atoms with E-state index in [0.717, 1.165) is 50.6 Å². The number of benzene rings is 4. The quantitative estimate of drug-likeness (QED) is 0.00558. The Kier molecular flexibility index (Phi) is 47.7. The molecule has 12 rings (SSSR count). The van der Waals surface area contributed by atoms with Gasteiger partial charge in [0.15, 0.2) is 23.1 Å². The number of anilines is 2. The van der Waals surface area contributed by atoms with Crippen LogP contribution in [-0.4, -0.2) is 255 Å². The summed E-state index contributed by atoms with van der Waals surface area (Å²) >= 11 is 10.3. The molecule has 2 aliphatic rings. The van der Waals surface area contributed by atoms with E-state index in [1.54, 1.807) is 96.9 Å². The molecule has 782 valence electrons. The topological polar surface area (TPSA) is 577 Å². The van der Waals surface area contributed by atoms with Crippen LogP contribution in [0.3, 0.4) is 0 Å². The highest BCUT2D eigenvalue weighted by Gasteiger charge is 2.33. The summed E-state index contributed by atoms with van der Waals surface area (Å²) in [4.78, 5) is 148. The van der Waals surface area contributed by atoms with E-state index in [0.29, 0.717) is 116 Å². The number of carbonyl (C=O) groups excluding carboxylic acids is 5. The van der Waals surface area contributed by atoms with Gasteiger partial charge in [0.2, 0.25) is 24.9 Å². The fraction of sp³-hybridized carbons (Fsp3) is 0.447. The van der Waals surface area contributed by atoms with Crippen molar-refractivity contribution in [2.75, 3.05) is 97.4 Å². The minimum Gasteiger partial charge on any atom is -0.496 e. The van der Waals surface area contributed by atoms with Gasteiger partial charge in [0.1, 0.15) is 59.6 Å². The number of carboxylic acids is 3. The highest BCUT2D eigenvalue weighted by atomic mass is 35.5. The highest BCUT2D eigenvalue weighted by Crippen LogP contribution is 2.49. The van der Waals surface area contributed by atoms with Gasteiger partial charge in [-0.1, -0.05) is 112 Å². The van der Waals surface area contributed by atoms with Crippen LogP contribution < -0.4 is 43.3 Å². The molecule has 2 saturated heterocycles. The van der Waals surface area contributed by atoms with Crippen LogP contribution in [0.1, 0.15) is 148 Å². The number of nitrogen functional groups attached to an aromatic ring is 2. The van der Waals surface area contributed by atoms with Crippen molar-refractivity contribution in [3.05, 3.63) is 226 Å². The molecule has 7 atom stereocenters. The summed E-state index contributed by atoms with van der Waals surface area (Å²) in [5, 5.41) is 56.5. The number of aliphatic hydroxyl groups excluding tert-OH is 2. The van der Waals surface area contributed by atoms with Gasteiger partial charge in [-0.2, -0.15) is 4.98 Å². The fourth-order valence-corrected chi connectivity index (χ4v) is 17.4. The number of rotatable bonds is 43. The number of pyridine rings is 1. The third-order valence-electron chi connectivity index (χ3n) is 21.1. The maximum Gasteiger partial charge on any atom is 0.510 e. The standard InChI is InChI=1S/C40H53N7O5S2.C23H23ClFNO5.C19H30N5O10P.C8H10FN3O3S.C4H4O4/c1-29(2)38-43-34(27-53-38)25-46(3)39(49)45-36(16-17-47-18-20-51-21-19-47)37(48)42-32(22-30-10-6-4-7-11-30)14-15-33(23-31-12-8-5-9-13-31)44-40(50)52-26-35-24-41-28-54-35;1-12(2)19(11-27)26-10-16(23(29)30)22(28)15-8-14(20(31-3)9-18(15)26)7-13-5-4-6-17(24)21(13)25;1-12(2)33-18(25)28-9-31-35(27,32-10-29-19(26)34-13(3)4)11-30-14(5)6-24-8-23-15-16(20)21-7-22-17(15)24;9-4-1-12(8(14)11-7(4)10)5-3-16-6(2-13)15-5;5-3(6)1-2-4(7)8/h4-13,24,27-29,32-33,36H,14-23,25-26H2,1-3H3,(H,42,48)(H,44,50)(H,45,49);4-6,8-10,12,19,27H,7,11H2,1-3H3,(H,29,30);7-8,12-14H,6,9-11H2,1-5H3,(H2,20,21,22);1,5-6,13H,2-3H2,(H2,10,11,14);1-2H,(H,5,6)(H,7,8)/b;;;;2-1+/t32-,33-,36+;19-;14-;5-,6+;/m1110./s1. The van der Waals surface area contributed by atoms with Crippen LogP contribution in [0.4, 0.5) is 39.6 Å². The predicted molar refractivity (Wildman–Crippen MR) is 530 cm³/mol. The molecule has 0 bridgehead atoms. The zero-order valence-electron chi connectivity index (χ0n) is 80.9. The minimum absolute atomic E-state index is 0.0181. The fourth-order valence-electron chi connectivity index (χ4n) is 13.9. The maximum atomic E-state index is 14.4. The number of thiazole rings is 2. The molecule has 0 spiro atoms. The van der Waals surface area contributed by atoms with Gasteiger partial charge in [0.05, 0.1) is 115 Å². The van der Waals surface area contributed by atoms with Crippen molar-refractivity contribution in [1.82, 2.24) is 69.4 Å². The number of ether oxygens (including phenoxy) is 9. The molecule has 6 aromatic heterocycles. The van der Waals surface area contributed by atoms with Gasteiger partial charge < -0.3 is 110 Å². The van der Waals surface area contributed by atoms with Gasteiger partial charge in [-0.25, -0.2) is 67.1 Å². The van der Waals surface area contributed by atoms with E-state index in [2.05, 4.69) is 64.6 Å². The Morgan fingerprint density at radius 2 is 1.38 bits per heavy atom. The number of thioether (sulfide) groups is 1. The molecule has 0 unspecified atom stereocenters. The Bertz CT molecular complexity index is 6000. The van der Waals surface area contributed by atoms with Crippen molar-refractivity contribution >= 4 is 136 Å². The van der Waals surface area contributed by atoms with Gasteiger partial charge >= 0.3 is 55.6 Å². The van der Waals surface area contributed by atoms with Crippen LogP contribution in [0, 0.1) is 17.6 Å². The van der Waals surface area contributed by atoms with E-state index in [4.69, 9.17) is 90.1 Å². The number of morpholine rings is 1. The number of hydrogen-bond acceptors (Lipinski definition) is 36. The monoisotopic (exact) mass is 2100 g/mol. The molecular weight excluding hydrogens is 1990 g/mol. The number of halogens is 3. The molecule has 50 heteroatoms. The number of alkyl carbamates (subject to hydrolysis) is 1. The Labute approximate surface area is 844 Å². The second kappa shape index (κ2) is 58.9. The zero-order chi connectivity index (χ0) is 105. The van der Waals surface area contributed by atoms with Crippen LogP contribution in [0.2, 0.25) is 5.02 Å². The lowest BCUT2D eigenvalue weighted by Gasteiger charge is -2.30. The maximum absolute atomic E-state index is 14.4.